The van der Waals surface area contributed by atoms with Gasteiger partial charge in [0.15, 0.2) is 0 Å². The average molecular weight is 210 g/mol. The van der Waals surface area contributed by atoms with Gasteiger partial charge in [-0.2, -0.15) is 0 Å². The first kappa shape index (κ1) is 14.7. The molecule has 0 spiro atoms. The topological polar surface area (TPSA) is 84.2 Å². The lowest BCUT2D eigenvalue weighted by Gasteiger charge is -2.07. The molecule has 2 amide bonds. The maximum Gasteiger partial charge on any atom is 0.240 e. The molecule has 0 aliphatic carbocycles. The first-order valence-electron chi connectivity index (χ1n) is 3.86. The van der Waals surface area contributed by atoms with Crippen LogP contribution in [0, 0.1) is 5.92 Å². The summed E-state index contributed by atoms with van der Waals surface area (Å²) in [6.07, 6.45) is 0.221. The Bertz CT molecular complexity index is 173. The van der Waals surface area contributed by atoms with Gasteiger partial charge in [-0.3, -0.25) is 20.4 Å². The van der Waals surface area contributed by atoms with E-state index in [1.807, 2.05) is 0 Å². The van der Waals surface area contributed by atoms with Crippen molar-refractivity contribution in [3.63, 3.8) is 0 Å². The van der Waals surface area contributed by atoms with Gasteiger partial charge in [-0.05, 0) is 0 Å². The number of amides is 2. The average Bonchev–Trinajstić information content (AvgIpc) is 2.00. The summed E-state index contributed by atoms with van der Waals surface area (Å²) in [5.41, 5.74) is 9.64. The van der Waals surface area contributed by atoms with Gasteiger partial charge in [-0.1, -0.05) is 13.8 Å². The van der Waals surface area contributed by atoms with Gasteiger partial charge in [-0.25, -0.2) is 0 Å². The van der Waals surface area contributed by atoms with Crippen molar-refractivity contribution in [1.82, 2.24) is 10.9 Å². The third-order valence-electron chi connectivity index (χ3n) is 1.22. The highest BCUT2D eigenvalue weighted by molar-refractivity contribution is 5.85. The van der Waals surface area contributed by atoms with Crippen LogP contribution in [0.4, 0.5) is 0 Å². The molecule has 0 aromatic rings. The van der Waals surface area contributed by atoms with Crippen LogP contribution in [0.1, 0.15) is 20.3 Å². The minimum atomic E-state index is -0.272. The number of hydrogen-bond acceptors (Lipinski definition) is 3. The van der Waals surface area contributed by atoms with E-state index in [4.69, 9.17) is 5.73 Å². The highest BCUT2D eigenvalue weighted by atomic mass is 35.5. The zero-order valence-electron chi connectivity index (χ0n) is 7.79. The molecule has 6 heteroatoms. The Kier molecular flexibility index (Phi) is 8.84. The SMILES string of the molecule is CC(C)C(=O)NNC(=O)CCN.Cl. The van der Waals surface area contributed by atoms with E-state index < -0.39 is 0 Å². The molecule has 0 aromatic carbocycles. The van der Waals surface area contributed by atoms with E-state index in [-0.39, 0.29) is 43.1 Å². The normalized spacial score (nSPS) is 8.92. The van der Waals surface area contributed by atoms with Crippen LogP contribution < -0.4 is 16.6 Å². The first-order chi connectivity index (χ1) is 5.57. The molecule has 78 valence electrons. The molecule has 0 aliphatic rings. The number of carbonyl (C=O) groups excluding carboxylic acids is 2. The second-order valence-corrected chi connectivity index (χ2v) is 2.73. The molecule has 0 aliphatic heterocycles. The molecule has 0 aromatic heterocycles. The van der Waals surface area contributed by atoms with Crippen LogP contribution in [0.25, 0.3) is 0 Å². The van der Waals surface area contributed by atoms with E-state index in [9.17, 15) is 9.59 Å². The summed E-state index contributed by atoms with van der Waals surface area (Å²) in [6, 6.07) is 0. The van der Waals surface area contributed by atoms with Crippen molar-refractivity contribution in [3.05, 3.63) is 0 Å². The Hall–Kier alpha value is -0.810. The highest BCUT2D eigenvalue weighted by Crippen LogP contribution is 1.88. The second kappa shape index (κ2) is 7.82. The Morgan fingerprint density at radius 1 is 1.31 bits per heavy atom. The lowest BCUT2D eigenvalue weighted by molar-refractivity contribution is -0.130. The van der Waals surface area contributed by atoms with E-state index in [0.29, 0.717) is 0 Å². The van der Waals surface area contributed by atoms with Crippen molar-refractivity contribution in [1.29, 1.82) is 0 Å². The molecule has 13 heavy (non-hydrogen) atoms. The van der Waals surface area contributed by atoms with Gasteiger partial charge < -0.3 is 5.73 Å². The van der Waals surface area contributed by atoms with Gasteiger partial charge >= 0.3 is 0 Å². The third-order valence-corrected chi connectivity index (χ3v) is 1.22. The Balaban J connectivity index is 0. The molecule has 0 unspecified atom stereocenters. The number of rotatable bonds is 3. The number of hydrogen-bond donors (Lipinski definition) is 3. The molecule has 0 saturated heterocycles. The summed E-state index contributed by atoms with van der Waals surface area (Å²) in [6.45, 7) is 3.76. The predicted molar refractivity (Wildman–Crippen MR) is 52.0 cm³/mol. The summed E-state index contributed by atoms with van der Waals surface area (Å²) >= 11 is 0. The molecule has 0 heterocycles. The van der Waals surface area contributed by atoms with Crippen molar-refractivity contribution in [3.8, 4) is 0 Å². The van der Waals surface area contributed by atoms with E-state index in [1.54, 1.807) is 13.8 Å². The Labute approximate surface area is 83.8 Å². The fourth-order valence-corrected chi connectivity index (χ4v) is 0.469. The molecule has 0 atom stereocenters. The molecule has 0 fully saturated rings. The van der Waals surface area contributed by atoms with Crippen molar-refractivity contribution >= 4 is 24.2 Å². The van der Waals surface area contributed by atoms with Gasteiger partial charge in [0.1, 0.15) is 0 Å². The van der Waals surface area contributed by atoms with Gasteiger partial charge in [0.2, 0.25) is 11.8 Å². The second-order valence-electron chi connectivity index (χ2n) is 2.73. The monoisotopic (exact) mass is 209 g/mol. The molecule has 5 nitrogen and oxygen atoms in total. The Morgan fingerprint density at radius 3 is 2.23 bits per heavy atom. The van der Waals surface area contributed by atoms with Crippen LogP contribution >= 0.6 is 12.4 Å². The zero-order chi connectivity index (χ0) is 9.56. The van der Waals surface area contributed by atoms with Crippen LogP contribution in [-0.2, 0) is 9.59 Å². The van der Waals surface area contributed by atoms with E-state index >= 15 is 0 Å². The predicted octanol–water partition coefficient (Wildman–Crippen LogP) is -0.440. The van der Waals surface area contributed by atoms with E-state index in [1.165, 1.54) is 0 Å². The summed E-state index contributed by atoms with van der Waals surface area (Å²) in [4.78, 5) is 21.7. The number of halogens is 1. The number of hydrazine groups is 1. The van der Waals surface area contributed by atoms with Crippen LogP contribution in [-0.4, -0.2) is 18.4 Å². The van der Waals surface area contributed by atoms with Crippen molar-refractivity contribution in [2.75, 3.05) is 6.54 Å². The minimum Gasteiger partial charge on any atom is -0.330 e. The van der Waals surface area contributed by atoms with Gasteiger partial charge in [-0.15, -0.1) is 12.4 Å². The number of nitrogens with one attached hydrogen (secondary N) is 2. The van der Waals surface area contributed by atoms with Crippen molar-refractivity contribution in [2.45, 2.75) is 20.3 Å². The first-order valence-corrected chi connectivity index (χ1v) is 3.86. The molecular formula is C7H16ClN3O2. The third kappa shape index (κ3) is 7.55. The number of nitrogens with two attached hydrogens (primary N) is 1. The zero-order valence-corrected chi connectivity index (χ0v) is 8.61. The summed E-state index contributed by atoms with van der Waals surface area (Å²) < 4.78 is 0. The Morgan fingerprint density at radius 2 is 1.85 bits per heavy atom. The van der Waals surface area contributed by atoms with E-state index in [0.717, 1.165) is 0 Å². The lowest BCUT2D eigenvalue weighted by Crippen LogP contribution is -2.44. The molecule has 0 rings (SSSR count). The summed E-state index contributed by atoms with van der Waals surface area (Å²) in [7, 11) is 0. The van der Waals surface area contributed by atoms with Crippen LogP contribution in [0.3, 0.4) is 0 Å². The maximum absolute atomic E-state index is 10.9. The van der Waals surface area contributed by atoms with Gasteiger partial charge in [0.25, 0.3) is 0 Å². The molecule has 0 bridgehead atoms. The van der Waals surface area contributed by atoms with Crippen molar-refractivity contribution < 1.29 is 9.59 Å². The maximum atomic E-state index is 10.9. The van der Waals surface area contributed by atoms with Gasteiger partial charge in [0.05, 0.1) is 0 Å². The van der Waals surface area contributed by atoms with Crippen molar-refractivity contribution in [2.24, 2.45) is 11.7 Å². The summed E-state index contributed by atoms with van der Waals surface area (Å²) in [5.74, 6) is -0.616. The quantitative estimate of drug-likeness (QED) is 0.551. The lowest BCUT2D eigenvalue weighted by atomic mass is 10.2. The van der Waals surface area contributed by atoms with Crippen LogP contribution in [0.15, 0.2) is 0 Å². The fourth-order valence-electron chi connectivity index (χ4n) is 0.469. The molecular weight excluding hydrogens is 194 g/mol. The standard InChI is InChI=1S/C7H15N3O2.ClH/c1-5(2)7(12)10-9-6(11)3-4-8;/h5H,3-4,8H2,1-2H3,(H,9,11)(H,10,12);1H. The number of carbonyl (C=O) groups is 2. The smallest absolute Gasteiger partial charge is 0.240 e. The minimum absolute atomic E-state index is 0. The molecule has 0 saturated carbocycles. The largest absolute Gasteiger partial charge is 0.330 e. The summed E-state index contributed by atoms with van der Waals surface area (Å²) in [5, 5.41) is 0. The molecule has 4 N–H and O–H groups in total. The fraction of sp³-hybridized carbons (Fsp3) is 0.714. The highest BCUT2D eigenvalue weighted by Gasteiger charge is 2.06. The van der Waals surface area contributed by atoms with Crippen LogP contribution in [0.2, 0.25) is 0 Å². The van der Waals surface area contributed by atoms with Gasteiger partial charge in [0, 0.05) is 18.9 Å². The van der Waals surface area contributed by atoms with Crippen LogP contribution in [0.5, 0.6) is 0 Å². The van der Waals surface area contributed by atoms with E-state index in [2.05, 4.69) is 10.9 Å². The molecule has 0 radical (unpaired) electrons.